The zero-order valence-electron chi connectivity index (χ0n) is 17.2. The summed E-state index contributed by atoms with van der Waals surface area (Å²) < 4.78 is 0.991. The number of thiazole rings is 1. The number of amides is 1. The molecule has 1 amide bonds. The van der Waals surface area contributed by atoms with Gasteiger partial charge in [-0.05, 0) is 42.2 Å². The van der Waals surface area contributed by atoms with E-state index in [9.17, 15) is 14.7 Å². The molecule has 8 heteroatoms. The Balaban J connectivity index is 1.44. The van der Waals surface area contributed by atoms with Crippen molar-refractivity contribution >= 4 is 44.2 Å². The average molecular weight is 437 g/mol. The number of fused-ring (bicyclic) bond motifs is 2. The number of nitrogens with zero attached hydrogens (tertiary/aromatic N) is 3. The molecule has 1 saturated heterocycles. The summed E-state index contributed by atoms with van der Waals surface area (Å²) in [5.41, 5.74) is 8.92. The first-order valence-corrected chi connectivity index (χ1v) is 11.1. The van der Waals surface area contributed by atoms with Gasteiger partial charge in [-0.2, -0.15) is 0 Å². The van der Waals surface area contributed by atoms with Crippen LogP contribution in [0.1, 0.15) is 17.5 Å². The molecular weight excluding hydrogens is 412 g/mol. The van der Waals surface area contributed by atoms with Gasteiger partial charge in [0.2, 0.25) is 5.91 Å². The fraction of sp³-hybridized carbons (Fsp3) is 0.348. The molecule has 2 aromatic carbocycles. The molecule has 160 valence electrons. The normalized spacial score (nSPS) is 17.4. The molecule has 0 atom stereocenters. The minimum absolute atomic E-state index is 0.195. The van der Waals surface area contributed by atoms with Crippen LogP contribution in [0.25, 0.3) is 10.2 Å². The van der Waals surface area contributed by atoms with E-state index in [1.165, 1.54) is 11.3 Å². The van der Waals surface area contributed by atoms with Crippen LogP contribution in [0.4, 0.5) is 10.8 Å². The minimum Gasteiger partial charge on any atom is -0.481 e. The van der Waals surface area contributed by atoms with Crippen LogP contribution in [0.3, 0.4) is 0 Å². The molecule has 0 spiro atoms. The van der Waals surface area contributed by atoms with Crippen molar-refractivity contribution in [3.63, 3.8) is 0 Å². The Morgan fingerprint density at radius 3 is 2.52 bits per heavy atom. The highest BCUT2D eigenvalue weighted by atomic mass is 32.1. The molecule has 0 unspecified atom stereocenters. The fourth-order valence-electron chi connectivity index (χ4n) is 4.75. The zero-order valence-corrected chi connectivity index (χ0v) is 18.1. The Labute approximate surface area is 184 Å². The van der Waals surface area contributed by atoms with Gasteiger partial charge in [0, 0.05) is 31.9 Å². The molecule has 3 aromatic rings. The second kappa shape index (κ2) is 7.32. The third-order valence-corrected chi connectivity index (χ3v) is 7.46. The van der Waals surface area contributed by atoms with Crippen LogP contribution in [0.5, 0.6) is 0 Å². The Kier molecular flexibility index (Phi) is 4.71. The number of carboxylic acid groups (broad SMARTS) is 1. The van der Waals surface area contributed by atoms with Gasteiger partial charge in [-0.1, -0.05) is 35.6 Å². The number of aromatic nitrogens is 1. The van der Waals surface area contributed by atoms with Crippen molar-refractivity contribution in [2.45, 2.75) is 25.3 Å². The molecule has 2 heterocycles. The second-order valence-corrected chi connectivity index (χ2v) is 9.66. The van der Waals surface area contributed by atoms with Crippen molar-refractivity contribution in [1.29, 1.82) is 0 Å². The van der Waals surface area contributed by atoms with Crippen LogP contribution < -0.4 is 15.5 Å². The quantitative estimate of drug-likeness (QED) is 0.638. The third-order valence-electron chi connectivity index (χ3n) is 6.35. The fourth-order valence-corrected chi connectivity index (χ4v) is 5.65. The Morgan fingerprint density at radius 2 is 1.90 bits per heavy atom. The molecule has 1 fully saturated rings. The maximum absolute atomic E-state index is 13.6. The zero-order chi connectivity index (χ0) is 21.8. The number of carbonyl (C=O) groups is 2. The Bertz CT molecular complexity index is 1160. The molecule has 5 rings (SSSR count). The van der Waals surface area contributed by atoms with E-state index in [-0.39, 0.29) is 18.4 Å². The summed E-state index contributed by atoms with van der Waals surface area (Å²) in [6.45, 7) is 1.66. The summed E-state index contributed by atoms with van der Waals surface area (Å²) in [7, 11) is 1.70. The van der Waals surface area contributed by atoms with Crippen LogP contribution in [-0.4, -0.2) is 48.1 Å². The number of carbonyl (C=O) groups excluding carboxylic acids is 1. The first kappa shape index (κ1) is 20.0. The highest BCUT2D eigenvalue weighted by Gasteiger charge is 2.47. The lowest BCUT2D eigenvalue weighted by atomic mass is 9.80. The van der Waals surface area contributed by atoms with E-state index in [0.717, 1.165) is 40.1 Å². The third kappa shape index (κ3) is 3.45. The number of rotatable bonds is 5. The van der Waals surface area contributed by atoms with Gasteiger partial charge >= 0.3 is 5.97 Å². The Hall–Kier alpha value is -2.97. The van der Waals surface area contributed by atoms with E-state index in [2.05, 4.69) is 11.0 Å². The lowest BCUT2D eigenvalue weighted by molar-refractivity contribution is -0.144. The van der Waals surface area contributed by atoms with E-state index in [1.807, 2.05) is 36.4 Å². The molecule has 1 aromatic heterocycles. The van der Waals surface area contributed by atoms with E-state index in [4.69, 9.17) is 10.7 Å². The predicted octanol–water partition coefficient (Wildman–Crippen LogP) is 2.67. The van der Waals surface area contributed by atoms with Crippen LogP contribution >= 0.6 is 11.3 Å². The topological polar surface area (TPSA) is 99.8 Å². The van der Waals surface area contributed by atoms with Crippen molar-refractivity contribution < 1.29 is 14.7 Å². The summed E-state index contributed by atoms with van der Waals surface area (Å²) in [5.74, 6) is -1.16. The Morgan fingerprint density at radius 1 is 1.23 bits per heavy atom. The van der Waals surface area contributed by atoms with Crippen molar-refractivity contribution in [2.24, 2.45) is 11.1 Å². The van der Waals surface area contributed by atoms with E-state index in [0.29, 0.717) is 18.0 Å². The standard InChI is InChI=1S/C23H24N4O3S/c1-26(21(30)23(11-20(28)29)9-14-4-2-3-5-15(14)10-23)22-25-18-8-17(6-7-19(18)31-22)27-12-16(24)13-27/h2-8,16H,9-13,24H2,1H3,(H,28,29). The van der Waals surface area contributed by atoms with Crippen molar-refractivity contribution in [3.8, 4) is 0 Å². The van der Waals surface area contributed by atoms with Gasteiger partial charge in [0.1, 0.15) is 0 Å². The number of nitrogens with two attached hydrogens (primary N) is 1. The molecule has 0 saturated carbocycles. The van der Waals surface area contributed by atoms with Crippen molar-refractivity contribution in [3.05, 3.63) is 53.6 Å². The summed E-state index contributed by atoms with van der Waals surface area (Å²) in [6, 6.07) is 14.1. The smallest absolute Gasteiger partial charge is 0.304 e. The molecular formula is C23H24N4O3S. The van der Waals surface area contributed by atoms with Crippen molar-refractivity contribution in [1.82, 2.24) is 4.98 Å². The first-order valence-electron chi connectivity index (χ1n) is 10.3. The number of carboxylic acids is 1. The number of hydrogen-bond donors (Lipinski definition) is 2. The molecule has 2 aliphatic rings. The maximum Gasteiger partial charge on any atom is 0.304 e. The van der Waals surface area contributed by atoms with Crippen molar-refractivity contribution in [2.75, 3.05) is 29.9 Å². The summed E-state index contributed by atoms with van der Waals surface area (Å²) >= 11 is 1.44. The van der Waals surface area contributed by atoms with Crippen LogP contribution in [0.15, 0.2) is 42.5 Å². The van der Waals surface area contributed by atoms with Gasteiger partial charge in [-0.15, -0.1) is 0 Å². The van der Waals surface area contributed by atoms with Gasteiger partial charge in [0.15, 0.2) is 5.13 Å². The lowest BCUT2D eigenvalue weighted by Gasteiger charge is -2.38. The monoisotopic (exact) mass is 436 g/mol. The molecule has 31 heavy (non-hydrogen) atoms. The molecule has 0 bridgehead atoms. The number of hydrogen-bond acceptors (Lipinski definition) is 6. The average Bonchev–Trinajstić information content (AvgIpc) is 3.30. The SMILES string of the molecule is CN(C(=O)C1(CC(=O)O)Cc2ccccc2C1)c1nc2cc(N3CC(N)C3)ccc2s1. The van der Waals surface area contributed by atoms with Gasteiger partial charge in [-0.25, -0.2) is 4.98 Å². The highest BCUT2D eigenvalue weighted by Crippen LogP contribution is 2.43. The highest BCUT2D eigenvalue weighted by molar-refractivity contribution is 7.22. The van der Waals surface area contributed by atoms with E-state index < -0.39 is 11.4 Å². The first-order chi connectivity index (χ1) is 14.8. The largest absolute Gasteiger partial charge is 0.481 e. The molecule has 7 nitrogen and oxygen atoms in total. The minimum atomic E-state index is -0.985. The second-order valence-electron chi connectivity index (χ2n) is 8.65. The van der Waals surface area contributed by atoms with Gasteiger partial charge in [0.25, 0.3) is 0 Å². The summed E-state index contributed by atoms with van der Waals surface area (Å²) in [6.07, 6.45) is 0.668. The number of anilines is 2. The molecule has 1 aliphatic carbocycles. The van der Waals surface area contributed by atoms with Gasteiger partial charge < -0.3 is 15.7 Å². The molecule has 3 N–H and O–H groups in total. The van der Waals surface area contributed by atoms with E-state index in [1.54, 1.807) is 11.9 Å². The number of aliphatic carboxylic acids is 1. The molecule has 1 aliphatic heterocycles. The predicted molar refractivity (Wildman–Crippen MR) is 122 cm³/mol. The van der Waals surface area contributed by atoms with Crippen LogP contribution in [-0.2, 0) is 22.4 Å². The summed E-state index contributed by atoms with van der Waals surface area (Å²) in [4.78, 5) is 33.7. The van der Waals surface area contributed by atoms with Crippen LogP contribution in [0.2, 0.25) is 0 Å². The van der Waals surface area contributed by atoms with E-state index >= 15 is 0 Å². The lowest BCUT2D eigenvalue weighted by Crippen LogP contribution is -2.55. The summed E-state index contributed by atoms with van der Waals surface area (Å²) in [5, 5.41) is 10.1. The van der Waals surface area contributed by atoms with Gasteiger partial charge in [0.05, 0.1) is 22.1 Å². The number of benzene rings is 2. The molecule has 0 radical (unpaired) electrons. The van der Waals surface area contributed by atoms with Gasteiger partial charge in [-0.3, -0.25) is 14.5 Å². The maximum atomic E-state index is 13.6. The van der Waals surface area contributed by atoms with Crippen LogP contribution in [0, 0.1) is 5.41 Å².